The van der Waals surface area contributed by atoms with E-state index in [4.69, 9.17) is 4.74 Å². The summed E-state index contributed by atoms with van der Waals surface area (Å²) in [5.41, 5.74) is 3.17. The van der Waals surface area contributed by atoms with Crippen LogP contribution < -0.4 is 14.4 Å². The minimum absolute atomic E-state index is 0.0743. The van der Waals surface area contributed by atoms with Gasteiger partial charge in [0.05, 0.1) is 22.9 Å². The average molecular weight is 519 g/mol. The summed E-state index contributed by atoms with van der Waals surface area (Å²) in [6.45, 7) is 6.02. The molecule has 0 bridgehead atoms. The van der Waals surface area contributed by atoms with Crippen molar-refractivity contribution >= 4 is 21.6 Å². The van der Waals surface area contributed by atoms with Gasteiger partial charge < -0.3 is 14.6 Å². The first-order valence-electron chi connectivity index (χ1n) is 12.0. The van der Waals surface area contributed by atoms with Gasteiger partial charge in [0.1, 0.15) is 18.1 Å². The van der Waals surface area contributed by atoms with Gasteiger partial charge in [-0.05, 0) is 68.8 Å². The van der Waals surface area contributed by atoms with E-state index in [9.17, 15) is 13.2 Å². The van der Waals surface area contributed by atoms with Gasteiger partial charge >= 0.3 is 0 Å². The molecule has 0 aliphatic rings. The molecule has 1 aromatic heterocycles. The van der Waals surface area contributed by atoms with Crippen molar-refractivity contribution < 1.29 is 17.9 Å². The fourth-order valence-corrected chi connectivity index (χ4v) is 5.36. The minimum Gasteiger partial charge on any atom is -0.494 e. The first-order valence-corrected chi connectivity index (χ1v) is 13.4. The van der Waals surface area contributed by atoms with Crippen LogP contribution in [0.25, 0.3) is 5.69 Å². The third-order valence-corrected chi connectivity index (χ3v) is 7.67. The Labute approximate surface area is 217 Å². The lowest BCUT2D eigenvalue weighted by molar-refractivity contribution is -0.119. The molecule has 0 spiro atoms. The second kappa shape index (κ2) is 11.3. The minimum atomic E-state index is -4.02. The third kappa shape index (κ3) is 6.00. The summed E-state index contributed by atoms with van der Waals surface area (Å²) in [6.07, 6.45) is 3.58. The number of anilines is 1. The summed E-state index contributed by atoms with van der Waals surface area (Å²) in [4.78, 5) is 17.4. The van der Waals surface area contributed by atoms with Crippen molar-refractivity contribution in [2.75, 3.05) is 17.5 Å². The van der Waals surface area contributed by atoms with Crippen LogP contribution in [0, 0.1) is 13.8 Å². The smallest absolute Gasteiger partial charge is 0.264 e. The number of rotatable bonds is 10. The maximum Gasteiger partial charge on any atom is 0.264 e. The molecule has 37 heavy (non-hydrogen) atoms. The molecule has 0 aliphatic heterocycles. The van der Waals surface area contributed by atoms with Crippen LogP contribution in [-0.2, 0) is 21.4 Å². The van der Waals surface area contributed by atoms with Crippen molar-refractivity contribution in [3.05, 3.63) is 102 Å². The quantitative estimate of drug-likeness (QED) is 0.336. The van der Waals surface area contributed by atoms with E-state index in [1.807, 2.05) is 67.9 Å². The number of amides is 1. The van der Waals surface area contributed by atoms with Gasteiger partial charge in [0.25, 0.3) is 10.0 Å². The van der Waals surface area contributed by atoms with E-state index in [1.54, 1.807) is 30.5 Å². The highest BCUT2D eigenvalue weighted by molar-refractivity contribution is 7.92. The summed E-state index contributed by atoms with van der Waals surface area (Å²) in [7, 11) is -4.02. The van der Waals surface area contributed by atoms with Crippen molar-refractivity contribution in [2.45, 2.75) is 32.2 Å². The number of imidazole rings is 1. The molecule has 4 aromatic rings. The molecule has 1 N–H and O–H groups in total. The number of para-hydroxylation sites is 1. The number of benzene rings is 3. The molecule has 0 aliphatic carbocycles. The van der Waals surface area contributed by atoms with E-state index >= 15 is 0 Å². The Morgan fingerprint density at radius 2 is 1.70 bits per heavy atom. The van der Waals surface area contributed by atoms with Crippen molar-refractivity contribution in [3.63, 3.8) is 0 Å². The fraction of sp³-hybridized carbons (Fsp3) is 0.214. The molecule has 1 heterocycles. The first kappa shape index (κ1) is 26.0. The molecule has 0 unspecified atom stereocenters. The van der Waals surface area contributed by atoms with E-state index < -0.39 is 15.9 Å². The molecule has 0 saturated carbocycles. The van der Waals surface area contributed by atoms with Crippen molar-refractivity contribution in [1.82, 2.24) is 14.9 Å². The number of sulfonamides is 1. The van der Waals surface area contributed by atoms with E-state index in [-0.39, 0.29) is 18.0 Å². The van der Waals surface area contributed by atoms with E-state index in [0.29, 0.717) is 18.0 Å². The summed E-state index contributed by atoms with van der Waals surface area (Å²) in [6, 6.07) is 20.9. The first-order chi connectivity index (χ1) is 17.8. The number of carbonyl (C=O) groups excluding carboxylic acids is 1. The summed E-state index contributed by atoms with van der Waals surface area (Å²) in [5.74, 6) is 0.978. The van der Waals surface area contributed by atoms with E-state index in [0.717, 1.165) is 26.9 Å². The number of hydrogen-bond donors (Lipinski definition) is 1. The van der Waals surface area contributed by atoms with Crippen molar-refractivity contribution in [3.8, 4) is 11.4 Å². The Morgan fingerprint density at radius 1 is 1.00 bits per heavy atom. The molecule has 4 rings (SSSR count). The maximum absolute atomic E-state index is 13.6. The third-order valence-electron chi connectivity index (χ3n) is 5.88. The number of ether oxygens (including phenoxy) is 1. The maximum atomic E-state index is 13.6. The van der Waals surface area contributed by atoms with Crippen LogP contribution in [0.15, 0.2) is 90.1 Å². The summed E-state index contributed by atoms with van der Waals surface area (Å²) >= 11 is 0. The number of aryl methyl sites for hydroxylation is 2. The largest absolute Gasteiger partial charge is 0.494 e. The highest BCUT2D eigenvalue weighted by Crippen LogP contribution is 2.25. The zero-order chi connectivity index (χ0) is 26.4. The van der Waals surface area contributed by atoms with Crippen LogP contribution >= 0.6 is 0 Å². The van der Waals surface area contributed by atoms with E-state index in [2.05, 4.69) is 10.3 Å². The Bertz CT molecular complexity index is 1460. The Balaban J connectivity index is 1.57. The zero-order valence-corrected chi connectivity index (χ0v) is 21.9. The summed E-state index contributed by atoms with van der Waals surface area (Å²) in [5, 5.41) is 2.88. The van der Waals surface area contributed by atoms with Gasteiger partial charge in [-0.2, -0.15) is 0 Å². The lowest BCUT2D eigenvalue weighted by Crippen LogP contribution is -2.40. The van der Waals surface area contributed by atoms with Gasteiger partial charge in [0.2, 0.25) is 5.91 Å². The zero-order valence-electron chi connectivity index (χ0n) is 21.1. The van der Waals surface area contributed by atoms with Crippen LogP contribution in [0.5, 0.6) is 5.75 Å². The highest BCUT2D eigenvalue weighted by atomic mass is 32.2. The van der Waals surface area contributed by atoms with Gasteiger partial charge in [-0.15, -0.1) is 0 Å². The van der Waals surface area contributed by atoms with Crippen molar-refractivity contribution in [2.24, 2.45) is 0 Å². The van der Waals surface area contributed by atoms with Crippen LogP contribution in [0.2, 0.25) is 0 Å². The molecule has 0 atom stereocenters. The molecule has 192 valence electrons. The number of nitrogens with one attached hydrogen (secondary N) is 1. The molecule has 9 heteroatoms. The molecular formula is C28H30N4O4S. The lowest BCUT2D eigenvalue weighted by atomic mass is 10.1. The number of carbonyl (C=O) groups is 1. The Kier molecular flexibility index (Phi) is 7.93. The van der Waals surface area contributed by atoms with Gasteiger partial charge in [-0.25, -0.2) is 13.4 Å². The number of hydrogen-bond acceptors (Lipinski definition) is 5. The van der Waals surface area contributed by atoms with Crippen LogP contribution in [-0.4, -0.2) is 37.0 Å². The second-order valence-electron chi connectivity index (χ2n) is 8.50. The van der Waals surface area contributed by atoms with Gasteiger partial charge in [0, 0.05) is 18.9 Å². The number of nitrogens with zero attached hydrogens (tertiary/aromatic N) is 3. The predicted octanol–water partition coefficient (Wildman–Crippen LogP) is 4.40. The predicted molar refractivity (Wildman–Crippen MR) is 143 cm³/mol. The highest BCUT2D eigenvalue weighted by Gasteiger charge is 2.27. The monoisotopic (exact) mass is 518 g/mol. The molecule has 0 fully saturated rings. The lowest BCUT2D eigenvalue weighted by Gasteiger charge is -2.24. The van der Waals surface area contributed by atoms with Crippen LogP contribution in [0.1, 0.15) is 23.9 Å². The average Bonchev–Trinajstić information content (AvgIpc) is 3.33. The molecular weight excluding hydrogens is 488 g/mol. The van der Waals surface area contributed by atoms with Gasteiger partial charge in [-0.1, -0.05) is 35.9 Å². The molecule has 8 nitrogen and oxygen atoms in total. The van der Waals surface area contributed by atoms with Crippen LogP contribution in [0.4, 0.5) is 5.69 Å². The number of aromatic nitrogens is 2. The molecule has 3 aromatic carbocycles. The topological polar surface area (TPSA) is 93.5 Å². The normalized spacial score (nSPS) is 11.2. The molecule has 0 saturated heterocycles. The Morgan fingerprint density at radius 3 is 2.35 bits per heavy atom. The SMILES string of the molecule is CCOc1ccc(S(=O)(=O)N(CC(=O)NCc2ccccc2-n2ccnc2C)c2ccc(C)cc2)cc1. The van der Waals surface area contributed by atoms with Gasteiger partial charge in [-0.3, -0.25) is 9.10 Å². The van der Waals surface area contributed by atoms with E-state index in [1.165, 1.54) is 12.1 Å². The Hall–Kier alpha value is -4.11. The van der Waals surface area contributed by atoms with Crippen molar-refractivity contribution in [1.29, 1.82) is 0 Å². The standard InChI is InChI=1S/C28H30N4O4S/c1-4-36-25-13-15-26(16-14-25)37(34,35)32(24-11-9-21(2)10-12-24)20-28(33)30-19-23-7-5-6-8-27(23)31-18-17-29-22(31)3/h5-18H,4,19-20H2,1-3H3,(H,30,33). The second-order valence-corrected chi connectivity index (χ2v) is 10.4. The van der Waals surface area contributed by atoms with Gasteiger partial charge in [0.15, 0.2) is 0 Å². The van der Waals surface area contributed by atoms with Crippen LogP contribution in [0.3, 0.4) is 0 Å². The molecule has 0 radical (unpaired) electrons. The molecule has 1 amide bonds. The summed E-state index contributed by atoms with van der Waals surface area (Å²) < 4.78 is 35.8. The fourth-order valence-electron chi connectivity index (χ4n) is 3.94.